The Hall–Kier alpha value is -2.11. The van der Waals surface area contributed by atoms with Crippen LogP contribution < -0.4 is 10.2 Å². The Morgan fingerprint density at radius 3 is 2.57 bits per heavy atom. The van der Waals surface area contributed by atoms with Crippen molar-refractivity contribution in [1.82, 2.24) is 5.48 Å². The quantitative estimate of drug-likeness (QED) is 0.416. The van der Waals surface area contributed by atoms with E-state index in [1.54, 1.807) is 12.6 Å². The molecule has 2 N–H and O–H groups in total. The van der Waals surface area contributed by atoms with Crippen molar-refractivity contribution in [2.45, 2.75) is 26.4 Å². The average Bonchev–Trinajstić information content (AvgIpc) is 2.58. The molecule has 1 rings (SSSR count). The number of amides is 1. The van der Waals surface area contributed by atoms with Crippen LogP contribution in [0.4, 0.5) is 0 Å². The van der Waals surface area contributed by atoms with Crippen molar-refractivity contribution in [2.24, 2.45) is 5.92 Å². The van der Waals surface area contributed by atoms with Crippen LogP contribution in [-0.2, 0) is 9.53 Å². The molecule has 0 fully saturated rings. The normalized spacial score (nSPS) is 14.1. The largest absolute Gasteiger partial charge is 0.497 e. The monoisotopic (exact) mass is 319 g/mol. The van der Waals surface area contributed by atoms with Gasteiger partial charge in [-0.1, -0.05) is 43.4 Å². The van der Waals surface area contributed by atoms with Crippen molar-refractivity contribution in [1.29, 1.82) is 0 Å². The van der Waals surface area contributed by atoms with Gasteiger partial charge in [0.15, 0.2) is 0 Å². The fourth-order valence-corrected chi connectivity index (χ4v) is 2.13. The Morgan fingerprint density at radius 2 is 2.00 bits per heavy atom. The van der Waals surface area contributed by atoms with Crippen molar-refractivity contribution in [3.05, 3.63) is 54.1 Å². The molecular weight excluding hydrogens is 294 g/mol. The summed E-state index contributed by atoms with van der Waals surface area (Å²) in [6, 6.07) is 7.67. The topological polar surface area (TPSA) is 67.8 Å². The van der Waals surface area contributed by atoms with E-state index in [0.717, 1.165) is 11.3 Å². The lowest BCUT2D eigenvalue weighted by atomic mass is 9.96. The van der Waals surface area contributed by atoms with Crippen LogP contribution in [0.3, 0.4) is 0 Å². The van der Waals surface area contributed by atoms with Crippen molar-refractivity contribution >= 4 is 5.91 Å². The highest BCUT2D eigenvalue weighted by molar-refractivity contribution is 5.74. The van der Waals surface area contributed by atoms with Gasteiger partial charge in [-0.2, -0.15) is 0 Å². The minimum absolute atomic E-state index is 0.106. The number of benzene rings is 1. The standard InChI is InChI=1S/C18H25NO4/c1-4-5-6-7-14(2)18(23-13-12-17(20)19-21)15-8-10-16(22-3)11-9-15/h4-11,14,18,21H,12-13H2,1-3H3,(H,19,20)/b5-4-,7-6-. The van der Waals surface area contributed by atoms with Gasteiger partial charge in [0.2, 0.25) is 5.91 Å². The number of allylic oxidation sites excluding steroid dienone is 3. The highest BCUT2D eigenvalue weighted by atomic mass is 16.5. The van der Waals surface area contributed by atoms with E-state index < -0.39 is 5.91 Å². The van der Waals surface area contributed by atoms with Crippen LogP contribution in [0.2, 0.25) is 0 Å². The van der Waals surface area contributed by atoms with E-state index in [0.29, 0.717) is 0 Å². The molecule has 0 spiro atoms. The molecule has 0 saturated heterocycles. The zero-order valence-electron chi connectivity index (χ0n) is 13.9. The van der Waals surface area contributed by atoms with E-state index in [1.165, 1.54) is 0 Å². The van der Waals surface area contributed by atoms with Gasteiger partial charge in [-0.25, -0.2) is 5.48 Å². The lowest BCUT2D eigenvalue weighted by molar-refractivity contribution is -0.131. The van der Waals surface area contributed by atoms with E-state index in [-0.39, 0.29) is 25.0 Å². The molecule has 1 aromatic rings. The molecule has 2 unspecified atom stereocenters. The zero-order chi connectivity index (χ0) is 17.1. The minimum atomic E-state index is -0.462. The summed E-state index contributed by atoms with van der Waals surface area (Å²) in [5.41, 5.74) is 2.61. The number of hydrogen-bond acceptors (Lipinski definition) is 4. The Kier molecular flexibility index (Phi) is 8.72. The summed E-state index contributed by atoms with van der Waals surface area (Å²) < 4.78 is 11.0. The second-order valence-corrected chi connectivity index (χ2v) is 5.12. The number of methoxy groups -OCH3 is 1. The Labute approximate surface area is 137 Å². The number of hydroxylamine groups is 1. The molecule has 2 atom stereocenters. The van der Waals surface area contributed by atoms with Gasteiger partial charge in [0.25, 0.3) is 0 Å². The molecule has 1 aromatic carbocycles. The second-order valence-electron chi connectivity index (χ2n) is 5.12. The molecule has 0 radical (unpaired) electrons. The summed E-state index contributed by atoms with van der Waals surface area (Å²) in [5.74, 6) is 0.441. The summed E-state index contributed by atoms with van der Waals surface area (Å²) in [5, 5.41) is 8.54. The number of rotatable bonds is 9. The maximum atomic E-state index is 11.1. The van der Waals surface area contributed by atoms with Crippen LogP contribution in [0.1, 0.15) is 31.9 Å². The van der Waals surface area contributed by atoms with E-state index in [2.05, 4.69) is 13.0 Å². The lowest BCUT2D eigenvalue weighted by Crippen LogP contribution is -2.21. The molecule has 5 heteroatoms. The maximum Gasteiger partial charge on any atom is 0.245 e. The summed E-state index contributed by atoms with van der Waals surface area (Å²) in [4.78, 5) is 11.1. The second kappa shape index (κ2) is 10.6. The molecule has 0 aromatic heterocycles. The molecule has 0 bridgehead atoms. The van der Waals surface area contributed by atoms with Gasteiger partial charge in [0, 0.05) is 5.92 Å². The first-order chi connectivity index (χ1) is 11.1. The predicted molar refractivity (Wildman–Crippen MR) is 89.4 cm³/mol. The van der Waals surface area contributed by atoms with E-state index in [1.807, 2.05) is 49.4 Å². The van der Waals surface area contributed by atoms with Gasteiger partial charge in [0.1, 0.15) is 5.75 Å². The number of hydrogen-bond donors (Lipinski definition) is 2. The molecule has 0 aliphatic carbocycles. The third-order valence-corrected chi connectivity index (χ3v) is 3.39. The first kappa shape index (κ1) is 18.9. The average molecular weight is 319 g/mol. The van der Waals surface area contributed by atoms with Gasteiger partial charge in [0.05, 0.1) is 26.2 Å². The first-order valence-electron chi connectivity index (χ1n) is 7.60. The van der Waals surface area contributed by atoms with Crippen LogP contribution in [0.5, 0.6) is 5.75 Å². The van der Waals surface area contributed by atoms with E-state index >= 15 is 0 Å². The fraction of sp³-hybridized carbons (Fsp3) is 0.389. The van der Waals surface area contributed by atoms with Crippen molar-refractivity contribution < 1.29 is 19.5 Å². The third-order valence-electron chi connectivity index (χ3n) is 3.39. The summed E-state index contributed by atoms with van der Waals surface area (Å²) >= 11 is 0. The highest BCUT2D eigenvalue weighted by Gasteiger charge is 2.18. The zero-order valence-corrected chi connectivity index (χ0v) is 13.9. The molecule has 0 heterocycles. The highest BCUT2D eigenvalue weighted by Crippen LogP contribution is 2.28. The predicted octanol–water partition coefficient (Wildman–Crippen LogP) is 3.42. The van der Waals surface area contributed by atoms with Crippen molar-refractivity contribution in [2.75, 3.05) is 13.7 Å². The molecule has 23 heavy (non-hydrogen) atoms. The third kappa shape index (κ3) is 6.67. The number of carbonyl (C=O) groups is 1. The van der Waals surface area contributed by atoms with Gasteiger partial charge in [-0.3, -0.25) is 10.0 Å². The number of nitrogens with one attached hydrogen (secondary N) is 1. The fourth-order valence-electron chi connectivity index (χ4n) is 2.13. The molecule has 0 aliphatic rings. The van der Waals surface area contributed by atoms with Crippen LogP contribution in [0.25, 0.3) is 0 Å². The van der Waals surface area contributed by atoms with E-state index in [9.17, 15) is 4.79 Å². The van der Waals surface area contributed by atoms with Crippen molar-refractivity contribution in [3.63, 3.8) is 0 Å². The van der Waals surface area contributed by atoms with Crippen LogP contribution in [0, 0.1) is 5.92 Å². The van der Waals surface area contributed by atoms with Crippen LogP contribution >= 0.6 is 0 Å². The minimum Gasteiger partial charge on any atom is -0.497 e. The van der Waals surface area contributed by atoms with Crippen LogP contribution in [0.15, 0.2) is 48.6 Å². The molecule has 5 nitrogen and oxygen atoms in total. The summed E-state index contributed by atoms with van der Waals surface area (Å²) in [6.07, 6.45) is 7.87. The number of ether oxygens (including phenoxy) is 2. The van der Waals surface area contributed by atoms with Gasteiger partial charge in [-0.05, 0) is 24.6 Å². The first-order valence-corrected chi connectivity index (χ1v) is 7.60. The maximum absolute atomic E-state index is 11.1. The molecule has 0 saturated carbocycles. The Morgan fingerprint density at radius 1 is 1.30 bits per heavy atom. The summed E-state index contributed by atoms with van der Waals surface area (Å²) in [7, 11) is 1.62. The smallest absolute Gasteiger partial charge is 0.245 e. The van der Waals surface area contributed by atoms with Crippen LogP contribution in [-0.4, -0.2) is 24.8 Å². The Bertz CT molecular complexity index is 522. The molecule has 1 amide bonds. The Balaban J connectivity index is 2.83. The van der Waals surface area contributed by atoms with Crippen molar-refractivity contribution in [3.8, 4) is 5.75 Å². The van der Waals surface area contributed by atoms with Gasteiger partial charge >= 0.3 is 0 Å². The van der Waals surface area contributed by atoms with Gasteiger partial charge < -0.3 is 9.47 Å². The molecular formula is C18H25NO4. The van der Waals surface area contributed by atoms with E-state index in [4.69, 9.17) is 14.7 Å². The SMILES string of the molecule is C/C=C\C=C/C(C)C(OCCC(=O)NO)c1ccc(OC)cc1. The number of carbonyl (C=O) groups excluding carboxylic acids is 1. The molecule has 126 valence electrons. The van der Waals surface area contributed by atoms with Gasteiger partial charge in [-0.15, -0.1) is 0 Å². The lowest BCUT2D eigenvalue weighted by Gasteiger charge is -2.23. The molecule has 0 aliphatic heterocycles. The summed E-state index contributed by atoms with van der Waals surface area (Å²) in [6.45, 7) is 4.24.